The Morgan fingerprint density at radius 3 is 2.41 bits per heavy atom. The van der Waals surface area contributed by atoms with Crippen LogP contribution in [-0.4, -0.2) is 76.5 Å². The molecule has 9 nitrogen and oxygen atoms in total. The van der Waals surface area contributed by atoms with E-state index in [1.54, 1.807) is 14.0 Å². The molecule has 1 fully saturated rings. The third kappa shape index (κ3) is 7.05. The molecule has 0 unspecified atom stereocenters. The van der Waals surface area contributed by atoms with Gasteiger partial charge in [0.1, 0.15) is 18.1 Å². The second-order valence-electron chi connectivity index (χ2n) is 8.98. The summed E-state index contributed by atoms with van der Waals surface area (Å²) in [6.45, 7) is 13.0. The molecule has 3 atom stereocenters. The SMILES string of the molecule is CN[C@@H](CO[Si](C)(C)C(C)(C)C)C(=O)N[C@@H](C)C(=O)N1CCC[C@@H](C(=O)OC)N1. The number of esters is 1. The van der Waals surface area contributed by atoms with E-state index in [9.17, 15) is 14.4 Å². The van der Waals surface area contributed by atoms with Crippen LogP contribution in [0, 0.1) is 0 Å². The number of hydrogen-bond donors (Lipinski definition) is 3. The molecule has 0 spiro atoms. The second-order valence-corrected chi connectivity index (χ2v) is 13.8. The lowest BCUT2D eigenvalue weighted by atomic mass is 10.1. The van der Waals surface area contributed by atoms with Crippen molar-refractivity contribution in [3.8, 4) is 0 Å². The maximum Gasteiger partial charge on any atom is 0.324 e. The summed E-state index contributed by atoms with van der Waals surface area (Å²) in [5, 5.41) is 7.14. The average Bonchev–Trinajstić information content (AvgIpc) is 2.66. The van der Waals surface area contributed by atoms with E-state index in [0.29, 0.717) is 19.4 Å². The number of nitrogens with zero attached hydrogens (tertiary/aromatic N) is 1. The number of carbonyl (C=O) groups excluding carboxylic acids is 3. The van der Waals surface area contributed by atoms with Crippen LogP contribution >= 0.6 is 0 Å². The van der Waals surface area contributed by atoms with Crippen molar-refractivity contribution in [1.82, 2.24) is 21.1 Å². The van der Waals surface area contributed by atoms with Crippen molar-refractivity contribution in [1.29, 1.82) is 0 Å². The van der Waals surface area contributed by atoms with Gasteiger partial charge in [0, 0.05) is 6.54 Å². The Bertz CT molecular complexity index is 594. The zero-order valence-corrected chi connectivity index (χ0v) is 20.0. The molecular formula is C19H38N4O5Si. The lowest BCUT2D eigenvalue weighted by Gasteiger charge is -2.37. The number of carbonyl (C=O) groups is 3. The minimum absolute atomic E-state index is 0.0428. The van der Waals surface area contributed by atoms with E-state index < -0.39 is 32.4 Å². The number of methoxy groups -OCH3 is 1. The minimum Gasteiger partial charge on any atom is -0.468 e. The van der Waals surface area contributed by atoms with Crippen LogP contribution in [0.3, 0.4) is 0 Å². The van der Waals surface area contributed by atoms with Crippen LogP contribution in [0.1, 0.15) is 40.5 Å². The molecular weight excluding hydrogens is 392 g/mol. The molecule has 29 heavy (non-hydrogen) atoms. The summed E-state index contributed by atoms with van der Waals surface area (Å²) < 4.78 is 10.9. The molecule has 0 aromatic heterocycles. The van der Waals surface area contributed by atoms with E-state index in [-0.39, 0.29) is 23.5 Å². The van der Waals surface area contributed by atoms with Gasteiger partial charge in [-0.15, -0.1) is 0 Å². The fraction of sp³-hybridized carbons (Fsp3) is 0.842. The Hall–Kier alpha value is -1.49. The molecule has 0 bridgehead atoms. The van der Waals surface area contributed by atoms with Crippen LogP contribution < -0.4 is 16.1 Å². The molecule has 3 N–H and O–H groups in total. The maximum absolute atomic E-state index is 12.7. The van der Waals surface area contributed by atoms with Crippen molar-refractivity contribution in [2.75, 3.05) is 27.3 Å². The molecule has 0 aliphatic carbocycles. The molecule has 0 saturated carbocycles. The molecule has 0 aromatic carbocycles. The van der Waals surface area contributed by atoms with E-state index in [0.717, 1.165) is 0 Å². The van der Waals surface area contributed by atoms with Crippen molar-refractivity contribution in [2.45, 2.75) is 76.8 Å². The van der Waals surface area contributed by atoms with Crippen LogP contribution in [-0.2, 0) is 23.5 Å². The summed E-state index contributed by atoms with van der Waals surface area (Å²) in [4.78, 5) is 37.1. The highest BCUT2D eigenvalue weighted by molar-refractivity contribution is 6.74. The summed E-state index contributed by atoms with van der Waals surface area (Å²) in [5.41, 5.74) is 2.89. The minimum atomic E-state index is -1.99. The van der Waals surface area contributed by atoms with E-state index in [2.05, 4.69) is 49.9 Å². The normalized spacial score (nSPS) is 20.0. The Balaban J connectivity index is 2.64. The van der Waals surface area contributed by atoms with Crippen LogP contribution in [0.5, 0.6) is 0 Å². The Labute approximate surface area is 175 Å². The smallest absolute Gasteiger partial charge is 0.324 e. The summed E-state index contributed by atoms with van der Waals surface area (Å²) in [7, 11) is 1.02. The molecule has 1 saturated heterocycles. The summed E-state index contributed by atoms with van der Waals surface area (Å²) in [5.74, 6) is -1.00. The van der Waals surface area contributed by atoms with Gasteiger partial charge in [0.25, 0.3) is 5.91 Å². The average molecular weight is 431 g/mol. The summed E-state index contributed by atoms with van der Waals surface area (Å²) in [6.07, 6.45) is 1.28. The van der Waals surface area contributed by atoms with Crippen LogP contribution in [0.4, 0.5) is 0 Å². The van der Waals surface area contributed by atoms with Gasteiger partial charge in [0.15, 0.2) is 8.32 Å². The van der Waals surface area contributed by atoms with Crippen molar-refractivity contribution < 1.29 is 23.5 Å². The number of likely N-dealkylation sites (N-methyl/N-ethyl adjacent to an activating group) is 1. The standard InChI is InChI=1S/C19H38N4O5Si/c1-13(17(25)23-11-9-10-14(22-23)18(26)27-6)21-16(24)15(20-5)12-28-29(7,8)19(2,3)4/h13-15,20,22H,9-12H2,1-8H3,(H,21,24)/t13-,14-,15-/m0/s1. The third-order valence-electron chi connectivity index (χ3n) is 5.75. The van der Waals surface area contributed by atoms with Gasteiger partial charge < -0.3 is 19.8 Å². The number of hydrogen-bond acceptors (Lipinski definition) is 7. The van der Waals surface area contributed by atoms with Gasteiger partial charge in [-0.3, -0.25) is 19.4 Å². The fourth-order valence-electron chi connectivity index (χ4n) is 2.67. The molecule has 2 amide bonds. The Morgan fingerprint density at radius 1 is 1.28 bits per heavy atom. The largest absolute Gasteiger partial charge is 0.468 e. The Kier molecular flexibility index (Phi) is 9.26. The zero-order chi connectivity index (χ0) is 22.4. The first-order chi connectivity index (χ1) is 13.3. The quantitative estimate of drug-likeness (QED) is 0.385. The van der Waals surface area contributed by atoms with Crippen molar-refractivity contribution in [3.63, 3.8) is 0 Å². The number of nitrogens with one attached hydrogen (secondary N) is 3. The summed E-state index contributed by atoms with van der Waals surface area (Å²) >= 11 is 0. The molecule has 1 rings (SSSR count). The monoisotopic (exact) mass is 430 g/mol. The van der Waals surface area contributed by atoms with E-state index in [4.69, 9.17) is 9.16 Å². The summed E-state index contributed by atoms with van der Waals surface area (Å²) in [6, 6.07) is -1.85. The lowest BCUT2D eigenvalue weighted by molar-refractivity contribution is -0.150. The van der Waals surface area contributed by atoms with Gasteiger partial charge >= 0.3 is 5.97 Å². The topological polar surface area (TPSA) is 109 Å². The molecule has 10 heteroatoms. The molecule has 1 aliphatic rings. The van der Waals surface area contributed by atoms with Gasteiger partial charge in [-0.05, 0) is 44.9 Å². The highest BCUT2D eigenvalue weighted by atomic mass is 28.4. The first kappa shape index (κ1) is 25.5. The van der Waals surface area contributed by atoms with Gasteiger partial charge in [-0.2, -0.15) is 0 Å². The lowest BCUT2D eigenvalue weighted by Crippen LogP contribution is -2.60. The van der Waals surface area contributed by atoms with Crippen LogP contribution in [0.25, 0.3) is 0 Å². The number of amides is 2. The zero-order valence-electron chi connectivity index (χ0n) is 19.0. The second kappa shape index (κ2) is 10.5. The first-order valence-electron chi connectivity index (χ1n) is 10.1. The predicted molar refractivity (Wildman–Crippen MR) is 113 cm³/mol. The van der Waals surface area contributed by atoms with Gasteiger partial charge in [-0.1, -0.05) is 20.8 Å². The fourth-order valence-corrected chi connectivity index (χ4v) is 3.68. The van der Waals surface area contributed by atoms with Gasteiger partial charge in [-0.25, -0.2) is 5.43 Å². The van der Waals surface area contributed by atoms with Crippen molar-refractivity contribution in [3.05, 3.63) is 0 Å². The van der Waals surface area contributed by atoms with Crippen molar-refractivity contribution >= 4 is 26.1 Å². The third-order valence-corrected chi connectivity index (χ3v) is 10.2. The van der Waals surface area contributed by atoms with Crippen molar-refractivity contribution in [2.24, 2.45) is 0 Å². The molecule has 1 heterocycles. The van der Waals surface area contributed by atoms with E-state index in [1.807, 2.05) is 0 Å². The Morgan fingerprint density at radius 2 is 1.90 bits per heavy atom. The van der Waals surface area contributed by atoms with Gasteiger partial charge in [0.05, 0.1) is 13.7 Å². The first-order valence-corrected chi connectivity index (χ1v) is 13.0. The van der Waals surface area contributed by atoms with E-state index >= 15 is 0 Å². The number of ether oxygens (including phenoxy) is 1. The van der Waals surface area contributed by atoms with Crippen LogP contribution in [0.2, 0.25) is 18.1 Å². The number of rotatable bonds is 8. The van der Waals surface area contributed by atoms with Gasteiger partial charge in [0.2, 0.25) is 5.91 Å². The predicted octanol–water partition coefficient (Wildman–Crippen LogP) is 0.770. The molecule has 1 aliphatic heterocycles. The highest BCUT2D eigenvalue weighted by Gasteiger charge is 2.38. The van der Waals surface area contributed by atoms with E-state index in [1.165, 1.54) is 12.1 Å². The molecule has 0 aromatic rings. The molecule has 168 valence electrons. The highest BCUT2D eigenvalue weighted by Crippen LogP contribution is 2.36. The maximum atomic E-state index is 12.7. The molecule has 0 radical (unpaired) electrons. The van der Waals surface area contributed by atoms with Crippen LogP contribution in [0.15, 0.2) is 0 Å². The number of hydrazine groups is 1.